The van der Waals surface area contributed by atoms with E-state index < -0.39 is 0 Å². The van der Waals surface area contributed by atoms with Crippen LogP contribution in [0.1, 0.15) is 36.7 Å². The van der Waals surface area contributed by atoms with Crippen molar-refractivity contribution in [3.8, 4) is 0 Å². The Labute approximate surface area is 158 Å². The number of carbonyl (C=O) groups excluding carboxylic acids is 1. The number of carbonyl (C=O) groups is 1. The maximum absolute atomic E-state index is 13.3. The van der Waals surface area contributed by atoms with Crippen LogP contribution in [0.5, 0.6) is 0 Å². The zero-order chi connectivity index (χ0) is 19.4. The van der Waals surface area contributed by atoms with Crippen LogP contribution in [0.4, 0.5) is 21.5 Å². The maximum Gasteiger partial charge on any atom is 0.257 e. The van der Waals surface area contributed by atoms with Crippen LogP contribution in [0, 0.1) is 5.82 Å². The van der Waals surface area contributed by atoms with Gasteiger partial charge in [0, 0.05) is 17.6 Å². The summed E-state index contributed by atoms with van der Waals surface area (Å²) in [4.78, 5) is 16.6. The lowest BCUT2D eigenvalue weighted by molar-refractivity contribution is 0.102. The first-order valence-electron chi connectivity index (χ1n) is 8.71. The second-order valence-electron chi connectivity index (χ2n) is 7.38. The summed E-state index contributed by atoms with van der Waals surface area (Å²) >= 11 is 0. The molecule has 0 bridgehead atoms. The summed E-state index contributed by atoms with van der Waals surface area (Å²) in [5.41, 5.74) is 3.59. The molecule has 1 aromatic heterocycles. The molecule has 0 aliphatic rings. The second kappa shape index (κ2) is 7.58. The fourth-order valence-electron chi connectivity index (χ4n) is 2.62. The smallest absolute Gasteiger partial charge is 0.257 e. The number of halogens is 1. The zero-order valence-electron chi connectivity index (χ0n) is 15.6. The molecule has 4 nitrogen and oxygen atoms in total. The van der Waals surface area contributed by atoms with E-state index >= 15 is 0 Å². The molecular weight excluding hydrogens is 341 g/mol. The monoisotopic (exact) mass is 363 g/mol. The fraction of sp³-hybridized carbons (Fsp3) is 0.182. The van der Waals surface area contributed by atoms with Crippen molar-refractivity contribution in [1.29, 1.82) is 0 Å². The highest BCUT2D eigenvalue weighted by Gasteiger charge is 2.13. The highest BCUT2D eigenvalue weighted by Crippen LogP contribution is 2.24. The average molecular weight is 363 g/mol. The number of aromatic nitrogens is 1. The van der Waals surface area contributed by atoms with E-state index in [4.69, 9.17) is 0 Å². The van der Waals surface area contributed by atoms with E-state index in [0.29, 0.717) is 16.9 Å². The molecule has 2 aromatic carbocycles. The van der Waals surface area contributed by atoms with E-state index in [0.717, 1.165) is 5.69 Å². The summed E-state index contributed by atoms with van der Waals surface area (Å²) in [7, 11) is 0. The Morgan fingerprint density at radius 1 is 0.926 bits per heavy atom. The Bertz CT molecular complexity index is 946. The van der Waals surface area contributed by atoms with Gasteiger partial charge in [0.05, 0.1) is 17.4 Å². The number of hydrogen-bond donors (Lipinski definition) is 2. The molecule has 138 valence electrons. The first-order valence-corrected chi connectivity index (χ1v) is 8.71. The summed E-state index contributed by atoms with van der Waals surface area (Å²) < 4.78 is 13.3. The van der Waals surface area contributed by atoms with Crippen LogP contribution < -0.4 is 10.6 Å². The molecule has 0 spiro atoms. The van der Waals surface area contributed by atoms with Gasteiger partial charge in [-0.3, -0.25) is 9.78 Å². The van der Waals surface area contributed by atoms with E-state index in [2.05, 4.69) is 36.4 Å². The van der Waals surface area contributed by atoms with Gasteiger partial charge in [0.1, 0.15) is 5.82 Å². The van der Waals surface area contributed by atoms with Crippen LogP contribution in [0.3, 0.4) is 0 Å². The van der Waals surface area contributed by atoms with Gasteiger partial charge in [0.25, 0.3) is 5.91 Å². The minimum atomic E-state index is -0.333. The molecule has 27 heavy (non-hydrogen) atoms. The Hall–Kier alpha value is -3.21. The molecule has 0 aliphatic heterocycles. The number of amides is 1. The third kappa shape index (κ3) is 4.91. The maximum atomic E-state index is 13.3. The van der Waals surface area contributed by atoms with E-state index in [-0.39, 0.29) is 17.1 Å². The van der Waals surface area contributed by atoms with Crippen molar-refractivity contribution >= 4 is 23.0 Å². The Morgan fingerprint density at radius 2 is 1.67 bits per heavy atom. The van der Waals surface area contributed by atoms with Crippen molar-refractivity contribution in [2.75, 3.05) is 10.6 Å². The van der Waals surface area contributed by atoms with Crippen molar-refractivity contribution in [2.45, 2.75) is 26.2 Å². The SMILES string of the molecule is CC(C)(C)c1ccc(NC(=O)c2cncc(Nc3cccc(F)c3)c2)cc1. The lowest BCUT2D eigenvalue weighted by Gasteiger charge is -2.19. The van der Waals surface area contributed by atoms with Gasteiger partial charge in [0.2, 0.25) is 0 Å². The molecule has 3 rings (SSSR count). The molecule has 1 heterocycles. The molecule has 0 fully saturated rings. The lowest BCUT2D eigenvalue weighted by atomic mass is 9.87. The van der Waals surface area contributed by atoms with Crippen molar-refractivity contribution in [2.24, 2.45) is 0 Å². The van der Waals surface area contributed by atoms with Gasteiger partial charge in [-0.15, -0.1) is 0 Å². The van der Waals surface area contributed by atoms with Crippen LogP contribution >= 0.6 is 0 Å². The predicted octanol–water partition coefficient (Wildman–Crippen LogP) is 5.51. The van der Waals surface area contributed by atoms with Crippen LogP contribution in [0.2, 0.25) is 0 Å². The van der Waals surface area contributed by atoms with Gasteiger partial charge < -0.3 is 10.6 Å². The highest BCUT2D eigenvalue weighted by molar-refractivity contribution is 6.04. The summed E-state index contributed by atoms with van der Waals surface area (Å²) in [5, 5.41) is 5.92. The van der Waals surface area contributed by atoms with E-state index in [1.807, 2.05) is 24.3 Å². The molecule has 3 aromatic rings. The first-order chi connectivity index (χ1) is 12.8. The van der Waals surface area contributed by atoms with E-state index in [1.54, 1.807) is 24.4 Å². The van der Waals surface area contributed by atoms with Gasteiger partial charge in [0.15, 0.2) is 0 Å². The molecule has 0 unspecified atom stereocenters. The fourth-order valence-corrected chi connectivity index (χ4v) is 2.62. The second-order valence-corrected chi connectivity index (χ2v) is 7.38. The third-order valence-electron chi connectivity index (χ3n) is 4.12. The van der Waals surface area contributed by atoms with Crippen LogP contribution in [-0.4, -0.2) is 10.9 Å². The first kappa shape index (κ1) is 18.6. The largest absolute Gasteiger partial charge is 0.354 e. The number of nitrogens with zero attached hydrogens (tertiary/aromatic N) is 1. The van der Waals surface area contributed by atoms with Gasteiger partial charge in [-0.05, 0) is 47.4 Å². The number of anilines is 3. The quantitative estimate of drug-likeness (QED) is 0.642. The van der Waals surface area contributed by atoms with Crippen molar-refractivity contribution in [3.63, 3.8) is 0 Å². The molecule has 0 saturated heterocycles. The van der Waals surface area contributed by atoms with Crippen LogP contribution in [-0.2, 0) is 5.41 Å². The number of nitrogens with one attached hydrogen (secondary N) is 2. The minimum Gasteiger partial charge on any atom is -0.354 e. The molecule has 1 amide bonds. The summed E-state index contributed by atoms with van der Waals surface area (Å²) in [5.74, 6) is -0.588. The molecule has 5 heteroatoms. The van der Waals surface area contributed by atoms with Gasteiger partial charge in [-0.25, -0.2) is 4.39 Å². The zero-order valence-corrected chi connectivity index (χ0v) is 15.6. The highest BCUT2D eigenvalue weighted by atomic mass is 19.1. The Kier molecular flexibility index (Phi) is 5.21. The summed E-state index contributed by atoms with van der Waals surface area (Å²) in [6, 6.07) is 15.6. The molecule has 0 aliphatic carbocycles. The number of pyridine rings is 1. The van der Waals surface area contributed by atoms with Crippen molar-refractivity contribution < 1.29 is 9.18 Å². The van der Waals surface area contributed by atoms with Gasteiger partial charge >= 0.3 is 0 Å². The lowest BCUT2D eigenvalue weighted by Crippen LogP contribution is -2.14. The number of rotatable bonds is 4. The summed E-state index contributed by atoms with van der Waals surface area (Å²) in [6.45, 7) is 6.43. The molecular formula is C22H22FN3O. The minimum absolute atomic E-state index is 0.0589. The molecule has 0 radical (unpaired) electrons. The van der Waals surface area contributed by atoms with Crippen LogP contribution in [0.25, 0.3) is 0 Å². The Morgan fingerprint density at radius 3 is 2.33 bits per heavy atom. The molecule has 2 N–H and O–H groups in total. The topological polar surface area (TPSA) is 54.0 Å². The van der Waals surface area contributed by atoms with Crippen molar-refractivity contribution in [3.05, 3.63) is 83.9 Å². The van der Waals surface area contributed by atoms with Crippen LogP contribution in [0.15, 0.2) is 67.0 Å². The average Bonchev–Trinajstić information content (AvgIpc) is 2.62. The molecule has 0 atom stereocenters. The van der Waals surface area contributed by atoms with E-state index in [9.17, 15) is 9.18 Å². The number of benzene rings is 2. The number of hydrogen-bond acceptors (Lipinski definition) is 3. The van der Waals surface area contributed by atoms with Gasteiger partial charge in [-0.2, -0.15) is 0 Å². The van der Waals surface area contributed by atoms with Gasteiger partial charge in [-0.1, -0.05) is 39.0 Å². The normalized spacial score (nSPS) is 11.1. The molecule has 0 saturated carbocycles. The predicted molar refractivity (Wildman–Crippen MR) is 107 cm³/mol. The van der Waals surface area contributed by atoms with Crippen molar-refractivity contribution in [1.82, 2.24) is 4.98 Å². The van der Waals surface area contributed by atoms with E-state index in [1.165, 1.54) is 23.9 Å². The standard InChI is InChI=1S/C22H22FN3O/c1-22(2,3)16-7-9-18(10-8-16)26-21(27)15-11-20(14-24-13-15)25-19-6-4-5-17(23)12-19/h4-14,25H,1-3H3,(H,26,27). The summed E-state index contributed by atoms with van der Waals surface area (Å²) in [6.07, 6.45) is 3.08. The Balaban J connectivity index is 1.72. The third-order valence-corrected chi connectivity index (χ3v) is 4.12.